The number of aryl methyl sites for hydroxylation is 1. The number of hydrogen-bond donors (Lipinski definition) is 0. The van der Waals surface area contributed by atoms with Crippen molar-refractivity contribution in [2.75, 3.05) is 0 Å². The van der Waals surface area contributed by atoms with Crippen LogP contribution in [0.25, 0.3) is 6.08 Å². The number of benzene rings is 1. The van der Waals surface area contributed by atoms with Crippen LogP contribution in [-0.2, 0) is 6.42 Å². The average molecular weight is 174 g/mol. The maximum atomic E-state index is 2.24. The molecule has 0 fully saturated rings. The lowest BCUT2D eigenvalue weighted by Gasteiger charge is -1.96. The minimum Gasteiger partial charge on any atom is -0.0840 e. The van der Waals surface area contributed by atoms with E-state index < -0.39 is 0 Å². The van der Waals surface area contributed by atoms with E-state index in [0.29, 0.717) is 0 Å². The van der Waals surface area contributed by atoms with Gasteiger partial charge in [-0.05, 0) is 24.0 Å². The van der Waals surface area contributed by atoms with Crippen molar-refractivity contribution in [1.82, 2.24) is 0 Å². The monoisotopic (exact) mass is 174 g/mol. The normalized spacial score (nSPS) is 10.9. The van der Waals surface area contributed by atoms with Crippen molar-refractivity contribution in [2.45, 2.75) is 33.1 Å². The Bertz CT molecular complexity index is 254. The van der Waals surface area contributed by atoms with E-state index in [1.165, 1.54) is 24.0 Å². The first-order valence-electron chi connectivity index (χ1n) is 5.12. The Hall–Kier alpha value is -1.04. The third kappa shape index (κ3) is 3.45. The van der Waals surface area contributed by atoms with Gasteiger partial charge in [0.2, 0.25) is 0 Å². The summed E-state index contributed by atoms with van der Waals surface area (Å²) in [5.74, 6) is 0. The molecule has 0 amide bonds. The van der Waals surface area contributed by atoms with E-state index in [2.05, 4.69) is 50.3 Å². The maximum absolute atomic E-state index is 2.24. The molecule has 1 aromatic rings. The van der Waals surface area contributed by atoms with Crippen LogP contribution in [0.2, 0.25) is 0 Å². The standard InChI is InChI=1S/C13H18/c1-3-5-6-7-13-10-8-12(4-2)9-11-13/h6-11H,3-5H2,1-2H3. The Balaban J connectivity index is 2.58. The van der Waals surface area contributed by atoms with E-state index in [4.69, 9.17) is 0 Å². The molecule has 1 aromatic carbocycles. The lowest BCUT2D eigenvalue weighted by Crippen LogP contribution is -1.78. The average Bonchev–Trinajstić information content (AvgIpc) is 2.19. The molecule has 0 atom stereocenters. The zero-order valence-corrected chi connectivity index (χ0v) is 8.59. The second-order valence-electron chi connectivity index (χ2n) is 3.29. The van der Waals surface area contributed by atoms with Crippen LogP contribution in [0.4, 0.5) is 0 Å². The number of allylic oxidation sites excluding steroid dienone is 1. The van der Waals surface area contributed by atoms with Crippen LogP contribution < -0.4 is 0 Å². The summed E-state index contributed by atoms with van der Waals surface area (Å²) in [6.07, 6.45) is 7.96. The maximum Gasteiger partial charge on any atom is -0.0260 e. The topological polar surface area (TPSA) is 0 Å². The van der Waals surface area contributed by atoms with Crippen LogP contribution in [0.3, 0.4) is 0 Å². The van der Waals surface area contributed by atoms with Gasteiger partial charge < -0.3 is 0 Å². The molecule has 0 aromatic heterocycles. The van der Waals surface area contributed by atoms with Crippen LogP contribution in [0.1, 0.15) is 37.8 Å². The van der Waals surface area contributed by atoms with Crippen LogP contribution in [0.5, 0.6) is 0 Å². The fourth-order valence-corrected chi connectivity index (χ4v) is 1.25. The molecule has 1 rings (SSSR count). The van der Waals surface area contributed by atoms with Crippen LogP contribution in [-0.4, -0.2) is 0 Å². The van der Waals surface area contributed by atoms with Gasteiger partial charge in [0, 0.05) is 0 Å². The third-order valence-electron chi connectivity index (χ3n) is 2.15. The number of rotatable bonds is 4. The molecule has 13 heavy (non-hydrogen) atoms. The van der Waals surface area contributed by atoms with Crippen LogP contribution in [0, 0.1) is 0 Å². The summed E-state index contributed by atoms with van der Waals surface area (Å²) in [6, 6.07) is 8.77. The van der Waals surface area contributed by atoms with Gasteiger partial charge >= 0.3 is 0 Å². The Morgan fingerprint density at radius 2 is 1.77 bits per heavy atom. The Kier molecular flexibility index (Phi) is 4.31. The molecule has 0 bridgehead atoms. The van der Waals surface area contributed by atoms with Crippen molar-refractivity contribution >= 4 is 6.08 Å². The fourth-order valence-electron chi connectivity index (χ4n) is 1.25. The molecular formula is C13H18. The second-order valence-corrected chi connectivity index (χ2v) is 3.29. The van der Waals surface area contributed by atoms with Gasteiger partial charge in [0.1, 0.15) is 0 Å². The zero-order valence-electron chi connectivity index (χ0n) is 8.59. The molecule has 0 spiro atoms. The summed E-state index contributed by atoms with van der Waals surface area (Å²) in [7, 11) is 0. The number of hydrogen-bond acceptors (Lipinski definition) is 0. The Morgan fingerprint density at radius 1 is 1.08 bits per heavy atom. The molecule has 0 saturated carbocycles. The highest BCUT2D eigenvalue weighted by Gasteiger charge is 1.88. The first kappa shape index (κ1) is 10.0. The third-order valence-corrected chi connectivity index (χ3v) is 2.15. The molecule has 0 nitrogen and oxygen atoms in total. The molecule has 0 heterocycles. The summed E-state index contributed by atoms with van der Waals surface area (Å²) in [6.45, 7) is 4.38. The molecule has 0 N–H and O–H groups in total. The smallest absolute Gasteiger partial charge is 0.0260 e. The lowest BCUT2D eigenvalue weighted by molar-refractivity contribution is 0.962. The van der Waals surface area contributed by atoms with Crippen molar-refractivity contribution < 1.29 is 0 Å². The van der Waals surface area contributed by atoms with E-state index in [0.717, 1.165) is 6.42 Å². The molecule has 70 valence electrons. The van der Waals surface area contributed by atoms with Gasteiger partial charge in [0.25, 0.3) is 0 Å². The lowest BCUT2D eigenvalue weighted by atomic mass is 10.1. The molecule has 0 heteroatoms. The van der Waals surface area contributed by atoms with Crippen LogP contribution >= 0.6 is 0 Å². The number of unbranched alkanes of at least 4 members (excludes halogenated alkanes) is 1. The van der Waals surface area contributed by atoms with E-state index in [1.807, 2.05) is 0 Å². The Morgan fingerprint density at radius 3 is 2.31 bits per heavy atom. The van der Waals surface area contributed by atoms with Crippen molar-refractivity contribution in [1.29, 1.82) is 0 Å². The summed E-state index contributed by atoms with van der Waals surface area (Å²) in [5.41, 5.74) is 2.72. The highest BCUT2D eigenvalue weighted by Crippen LogP contribution is 2.07. The van der Waals surface area contributed by atoms with E-state index in [9.17, 15) is 0 Å². The van der Waals surface area contributed by atoms with Crippen molar-refractivity contribution in [3.05, 3.63) is 41.5 Å². The molecule has 0 unspecified atom stereocenters. The first-order chi connectivity index (χ1) is 6.36. The minimum atomic E-state index is 1.12. The summed E-state index contributed by atoms with van der Waals surface area (Å²) >= 11 is 0. The van der Waals surface area contributed by atoms with Crippen LogP contribution in [0.15, 0.2) is 30.3 Å². The van der Waals surface area contributed by atoms with Gasteiger partial charge in [-0.25, -0.2) is 0 Å². The first-order valence-corrected chi connectivity index (χ1v) is 5.12. The molecule has 0 aliphatic carbocycles. The molecule has 0 radical (unpaired) electrons. The largest absolute Gasteiger partial charge is 0.0840 e. The predicted molar refractivity (Wildman–Crippen MR) is 59.8 cm³/mol. The van der Waals surface area contributed by atoms with Gasteiger partial charge in [-0.1, -0.05) is 56.7 Å². The van der Waals surface area contributed by atoms with Gasteiger partial charge in [0.15, 0.2) is 0 Å². The van der Waals surface area contributed by atoms with Gasteiger partial charge in [0.05, 0.1) is 0 Å². The van der Waals surface area contributed by atoms with Gasteiger partial charge in [-0.2, -0.15) is 0 Å². The summed E-state index contributed by atoms with van der Waals surface area (Å²) in [4.78, 5) is 0. The second kappa shape index (κ2) is 5.58. The highest BCUT2D eigenvalue weighted by molar-refractivity contribution is 5.49. The van der Waals surface area contributed by atoms with E-state index in [-0.39, 0.29) is 0 Å². The fraction of sp³-hybridized carbons (Fsp3) is 0.385. The van der Waals surface area contributed by atoms with Crippen molar-refractivity contribution in [3.8, 4) is 0 Å². The predicted octanol–water partition coefficient (Wildman–Crippen LogP) is 4.06. The molecule has 0 aliphatic heterocycles. The highest BCUT2D eigenvalue weighted by atomic mass is 13.9. The quantitative estimate of drug-likeness (QED) is 0.645. The summed E-state index contributed by atoms with van der Waals surface area (Å²) in [5, 5.41) is 0. The van der Waals surface area contributed by atoms with Crippen molar-refractivity contribution in [3.63, 3.8) is 0 Å². The SMILES string of the molecule is CCCC=Cc1ccc(CC)cc1. The molecule has 0 saturated heterocycles. The van der Waals surface area contributed by atoms with Gasteiger partial charge in [-0.15, -0.1) is 0 Å². The Labute approximate surface area is 81.3 Å². The van der Waals surface area contributed by atoms with E-state index in [1.54, 1.807) is 0 Å². The minimum absolute atomic E-state index is 1.12. The molecular weight excluding hydrogens is 156 g/mol. The van der Waals surface area contributed by atoms with Crippen molar-refractivity contribution in [2.24, 2.45) is 0 Å². The van der Waals surface area contributed by atoms with Gasteiger partial charge in [-0.3, -0.25) is 0 Å². The zero-order chi connectivity index (χ0) is 9.52. The van der Waals surface area contributed by atoms with E-state index >= 15 is 0 Å². The summed E-state index contributed by atoms with van der Waals surface area (Å²) < 4.78 is 0. The molecule has 0 aliphatic rings.